The lowest BCUT2D eigenvalue weighted by Gasteiger charge is -1.99. The average molecular weight is 202 g/mol. The van der Waals surface area contributed by atoms with Crippen LogP contribution >= 0.6 is 0 Å². The Labute approximate surface area is 88.8 Å². The summed E-state index contributed by atoms with van der Waals surface area (Å²) < 4.78 is 0. The highest BCUT2D eigenvalue weighted by Crippen LogP contribution is 2.21. The molecule has 0 saturated carbocycles. The second-order valence-electron chi connectivity index (χ2n) is 3.89. The zero-order valence-electron chi connectivity index (χ0n) is 8.86. The summed E-state index contributed by atoms with van der Waals surface area (Å²) in [5.41, 5.74) is 2.11. The van der Waals surface area contributed by atoms with Gasteiger partial charge in [-0.1, -0.05) is 13.8 Å². The van der Waals surface area contributed by atoms with E-state index in [4.69, 9.17) is 5.11 Å². The molecule has 0 saturated heterocycles. The van der Waals surface area contributed by atoms with E-state index in [1.165, 1.54) is 0 Å². The van der Waals surface area contributed by atoms with Crippen molar-refractivity contribution in [2.45, 2.75) is 19.8 Å². The Morgan fingerprint density at radius 2 is 1.87 bits per heavy atom. The normalized spacial score (nSPS) is 10.9. The maximum absolute atomic E-state index is 9.17. The zero-order chi connectivity index (χ0) is 10.8. The van der Waals surface area contributed by atoms with Crippen molar-refractivity contribution < 1.29 is 5.11 Å². The summed E-state index contributed by atoms with van der Waals surface area (Å²) in [6, 6.07) is 7.01. The number of nitrogens with zero attached hydrogens (tertiary/aromatic N) is 1. The molecule has 0 radical (unpaired) electrons. The summed E-state index contributed by atoms with van der Waals surface area (Å²) in [6.07, 6.45) is 1.85. The summed E-state index contributed by atoms with van der Waals surface area (Å²) in [6.45, 7) is 4.24. The van der Waals surface area contributed by atoms with Crippen LogP contribution in [0, 0.1) is 0 Å². The molecule has 0 atom stereocenters. The number of phenols is 1. The standard InChI is InChI=1S/C12H14N2O/c1-8(2)11-7-13-12(14-11)9-3-5-10(15)6-4-9/h3-8,15H,1-2H3,(H,13,14). The Kier molecular flexibility index (Phi) is 2.46. The molecule has 3 heteroatoms. The van der Waals surface area contributed by atoms with E-state index < -0.39 is 0 Å². The molecular weight excluding hydrogens is 188 g/mol. The maximum atomic E-state index is 9.17. The summed E-state index contributed by atoms with van der Waals surface area (Å²) in [5.74, 6) is 1.57. The fourth-order valence-electron chi connectivity index (χ4n) is 1.39. The molecule has 0 aliphatic rings. The van der Waals surface area contributed by atoms with Crippen LogP contribution in [0.3, 0.4) is 0 Å². The zero-order valence-corrected chi connectivity index (χ0v) is 8.86. The minimum atomic E-state index is 0.273. The molecule has 1 aromatic heterocycles. The number of aromatic hydroxyl groups is 1. The summed E-state index contributed by atoms with van der Waals surface area (Å²) >= 11 is 0. The number of benzene rings is 1. The lowest BCUT2D eigenvalue weighted by atomic mass is 10.1. The van der Waals surface area contributed by atoms with Gasteiger partial charge in [0.2, 0.25) is 0 Å². The minimum absolute atomic E-state index is 0.273. The Balaban J connectivity index is 2.33. The molecule has 1 aromatic carbocycles. The van der Waals surface area contributed by atoms with Gasteiger partial charge in [0, 0.05) is 17.5 Å². The smallest absolute Gasteiger partial charge is 0.137 e. The first-order valence-electron chi connectivity index (χ1n) is 5.01. The molecule has 0 bridgehead atoms. The van der Waals surface area contributed by atoms with Crippen LogP contribution in [0.1, 0.15) is 25.5 Å². The van der Waals surface area contributed by atoms with Crippen molar-refractivity contribution in [3.05, 3.63) is 36.2 Å². The van der Waals surface area contributed by atoms with Crippen LogP contribution in [0.2, 0.25) is 0 Å². The van der Waals surface area contributed by atoms with Gasteiger partial charge in [0.15, 0.2) is 0 Å². The van der Waals surface area contributed by atoms with Gasteiger partial charge >= 0.3 is 0 Å². The van der Waals surface area contributed by atoms with Crippen LogP contribution in [0.5, 0.6) is 5.75 Å². The van der Waals surface area contributed by atoms with Gasteiger partial charge in [0.25, 0.3) is 0 Å². The molecule has 0 spiro atoms. The van der Waals surface area contributed by atoms with Gasteiger partial charge in [-0.25, -0.2) is 4.98 Å². The first-order valence-corrected chi connectivity index (χ1v) is 5.01. The van der Waals surface area contributed by atoms with Crippen molar-refractivity contribution in [3.8, 4) is 17.1 Å². The first-order chi connectivity index (χ1) is 7.16. The predicted octanol–water partition coefficient (Wildman–Crippen LogP) is 2.91. The van der Waals surface area contributed by atoms with Crippen LogP contribution < -0.4 is 0 Å². The van der Waals surface area contributed by atoms with E-state index in [0.717, 1.165) is 17.1 Å². The molecule has 0 unspecified atom stereocenters. The van der Waals surface area contributed by atoms with Crippen LogP contribution in [0.25, 0.3) is 11.4 Å². The monoisotopic (exact) mass is 202 g/mol. The van der Waals surface area contributed by atoms with Crippen molar-refractivity contribution in [2.24, 2.45) is 0 Å². The topological polar surface area (TPSA) is 48.9 Å². The van der Waals surface area contributed by atoms with E-state index >= 15 is 0 Å². The maximum Gasteiger partial charge on any atom is 0.137 e. The predicted molar refractivity (Wildman–Crippen MR) is 59.8 cm³/mol. The number of hydrogen-bond acceptors (Lipinski definition) is 2. The quantitative estimate of drug-likeness (QED) is 0.786. The van der Waals surface area contributed by atoms with E-state index in [0.29, 0.717) is 5.92 Å². The molecule has 15 heavy (non-hydrogen) atoms. The SMILES string of the molecule is CC(C)c1cnc(-c2ccc(O)cc2)[nH]1. The molecule has 2 N–H and O–H groups in total. The number of imidazole rings is 1. The number of aromatic nitrogens is 2. The molecule has 0 amide bonds. The number of rotatable bonds is 2. The van der Waals surface area contributed by atoms with Gasteiger partial charge in [-0.05, 0) is 30.2 Å². The van der Waals surface area contributed by atoms with Crippen LogP contribution in [0.15, 0.2) is 30.5 Å². The Morgan fingerprint density at radius 3 is 2.40 bits per heavy atom. The lowest BCUT2D eigenvalue weighted by Crippen LogP contribution is -1.86. The van der Waals surface area contributed by atoms with Gasteiger partial charge in [-0.2, -0.15) is 0 Å². The summed E-state index contributed by atoms with van der Waals surface area (Å²) in [4.78, 5) is 7.56. The molecule has 2 aromatic rings. The van der Waals surface area contributed by atoms with Gasteiger partial charge in [-0.3, -0.25) is 0 Å². The van der Waals surface area contributed by atoms with Crippen LogP contribution in [-0.2, 0) is 0 Å². The van der Waals surface area contributed by atoms with Gasteiger partial charge in [0.05, 0.1) is 0 Å². The van der Waals surface area contributed by atoms with Crippen molar-refractivity contribution in [1.29, 1.82) is 0 Å². The first kappa shape index (κ1) is 9.77. The second kappa shape index (κ2) is 3.77. The van der Waals surface area contributed by atoms with E-state index in [2.05, 4.69) is 23.8 Å². The molecule has 1 heterocycles. The molecule has 2 rings (SSSR count). The number of aromatic amines is 1. The highest BCUT2D eigenvalue weighted by Gasteiger charge is 2.05. The molecule has 0 aliphatic heterocycles. The number of hydrogen-bond donors (Lipinski definition) is 2. The van der Waals surface area contributed by atoms with Crippen LogP contribution in [-0.4, -0.2) is 15.1 Å². The number of nitrogens with one attached hydrogen (secondary N) is 1. The highest BCUT2D eigenvalue weighted by atomic mass is 16.3. The molecule has 0 aliphatic carbocycles. The third-order valence-electron chi connectivity index (χ3n) is 2.36. The van der Waals surface area contributed by atoms with Gasteiger partial charge in [-0.15, -0.1) is 0 Å². The van der Waals surface area contributed by atoms with Crippen molar-refractivity contribution in [3.63, 3.8) is 0 Å². The van der Waals surface area contributed by atoms with Crippen molar-refractivity contribution in [1.82, 2.24) is 9.97 Å². The van der Waals surface area contributed by atoms with Crippen molar-refractivity contribution >= 4 is 0 Å². The Morgan fingerprint density at radius 1 is 1.20 bits per heavy atom. The van der Waals surface area contributed by atoms with Gasteiger partial charge in [0.1, 0.15) is 11.6 Å². The van der Waals surface area contributed by atoms with E-state index in [-0.39, 0.29) is 5.75 Å². The largest absolute Gasteiger partial charge is 0.508 e. The second-order valence-corrected chi connectivity index (χ2v) is 3.89. The fraction of sp³-hybridized carbons (Fsp3) is 0.250. The Bertz CT molecular complexity index is 443. The van der Waals surface area contributed by atoms with E-state index in [9.17, 15) is 0 Å². The van der Waals surface area contributed by atoms with E-state index in [1.807, 2.05) is 18.3 Å². The third kappa shape index (κ3) is 2.01. The third-order valence-corrected chi connectivity index (χ3v) is 2.36. The van der Waals surface area contributed by atoms with Crippen molar-refractivity contribution in [2.75, 3.05) is 0 Å². The van der Waals surface area contributed by atoms with Crippen LogP contribution in [0.4, 0.5) is 0 Å². The molecular formula is C12H14N2O. The number of phenolic OH excluding ortho intramolecular Hbond substituents is 1. The Hall–Kier alpha value is -1.77. The lowest BCUT2D eigenvalue weighted by molar-refractivity contribution is 0.475. The van der Waals surface area contributed by atoms with Gasteiger partial charge < -0.3 is 10.1 Å². The summed E-state index contributed by atoms with van der Waals surface area (Å²) in [5, 5.41) is 9.17. The number of H-pyrrole nitrogens is 1. The fourth-order valence-corrected chi connectivity index (χ4v) is 1.39. The molecule has 78 valence electrons. The highest BCUT2D eigenvalue weighted by molar-refractivity contribution is 5.56. The average Bonchev–Trinajstić information content (AvgIpc) is 2.68. The van der Waals surface area contributed by atoms with E-state index in [1.54, 1.807) is 12.1 Å². The minimum Gasteiger partial charge on any atom is -0.508 e. The molecule has 3 nitrogen and oxygen atoms in total. The summed E-state index contributed by atoms with van der Waals surface area (Å²) in [7, 11) is 0. The molecule has 0 fully saturated rings.